The van der Waals surface area contributed by atoms with Crippen LogP contribution in [0.5, 0.6) is 11.5 Å². The summed E-state index contributed by atoms with van der Waals surface area (Å²) in [7, 11) is 1.51. The minimum Gasteiger partial charge on any atom is -0.493 e. The Labute approximate surface area is 167 Å². The number of carbonyl (C=O) groups excluding carboxylic acids is 2. The molecule has 1 aromatic carbocycles. The quantitative estimate of drug-likeness (QED) is 0.354. The van der Waals surface area contributed by atoms with E-state index in [0.29, 0.717) is 34.3 Å². The molecule has 1 heterocycles. The monoisotopic (exact) mass is 408 g/mol. The number of thiophene rings is 1. The Morgan fingerprint density at radius 2 is 1.96 bits per heavy atom. The summed E-state index contributed by atoms with van der Waals surface area (Å²) in [6.45, 7) is 5.80. The number of hydrogen-bond acceptors (Lipinski definition) is 6. The highest BCUT2D eigenvalue weighted by Crippen LogP contribution is 2.36. The highest BCUT2D eigenvalue weighted by molar-refractivity contribution is 7.12. The van der Waals surface area contributed by atoms with Crippen LogP contribution in [-0.4, -0.2) is 32.1 Å². The maximum atomic E-state index is 12.1. The van der Waals surface area contributed by atoms with Crippen LogP contribution in [0.4, 0.5) is 0 Å². The number of methoxy groups -OCH3 is 1. The molecule has 0 radical (unpaired) electrons. The van der Waals surface area contributed by atoms with Gasteiger partial charge in [-0.25, -0.2) is 4.79 Å². The number of esters is 1. The van der Waals surface area contributed by atoms with Crippen LogP contribution in [0, 0.1) is 13.8 Å². The second kappa shape index (κ2) is 9.58. The molecule has 0 aliphatic heterocycles. The molecule has 5 nitrogen and oxygen atoms in total. The molecule has 0 N–H and O–H groups in total. The molecule has 0 spiro atoms. The van der Waals surface area contributed by atoms with Crippen molar-refractivity contribution in [2.45, 2.75) is 20.8 Å². The van der Waals surface area contributed by atoms with Gasteiger partial charge in [-0.3, -0.25) is 4.79 Å². The van der Waals surface area contributed by atoms with Gasteiger partial charge in [0.2, 0.25) is 5.78 Å². The van der Waals surface area contributed by atoms with E-state index in [2.05, 4.69) is 0 Å². The molecule has 144 valence electrons. The first-order chi connectivity index (χ1) is 12.8. The first-order valence-electron chi connectivity index (χ1n) is 8.31. The smallest absolute Gasteiger partial charge is 0.331 e. The minimum atomic E-state index is -0.614. The summed E-state index contributed by atoms with van der Waals surface area (Å²) in [6.07, 6.45) is 2.78. The van der Waals surface area contributed by atoms with E-state index < -0.39 is 5.97 Å². The van der Waals surface area contributed by atoms with E-state index in [1.54, 1.807) is 18.2 Å². The molecule has 2 rings (SSSR count). The van der Waals surface area contributed by atoms with Crippen molar-refractivity contribution in [1.82, 2.24) is 0 Å². The lowest BCUT2D eigenvalue weighted by atomic mass is 10.1. The zero-order chi connectivity index (χ0) is 20.0. The standard InChI is InChI=1S/C20H21ClO5S/c1-5-25-20-16(21)9-14(10-18(20)24-4)6-7-19(23)26-11-17(22)15-8-12(2)27-13(15)3/h6-10H,5,11H2,1-4H3/b7-6+. The fourth-order valence-corrected chi connectivity index (χ4v) is 3.67. The first-order valence-corrected chi connectivity index (χ1v) is 9.50. The van der Waals surface area contributed by atoms with Crippen molar-refractivity contribution < 1.29 is 23.8 Å². The highest BCUT2D eigenvalue weighted by Gasteiger charge is 2.14. The largest absolute Gasteiger partial charge is 0.493 e. The van der Waals surface area contributed by atoms with Gasteiger partial charge in [-0.15, -0.1) is 11.3 Å². The molecule has 0 saturated heterocycles. The number of ketones is 1. The molecule has 0 aliphatic carbocycles. The van der Waals surface area contributed by atoms with Gasteiger partial charge in [0.1, 0.15) is 0 Å². The SMILES string of the molecule is CCOc1c(Cl)cc(/C=C/C(=O)OCC(=O)c2cc(C)sc2C)cc1OC. The molecule has 2 aromatic rings. The predicted molar refractivity (Wildman–Crippen MR) is 107 cm³/mol. The third kappa shape index (κ3) is 5.58. The Morgan fingerprint density at radius 3 is 2.56 bits per heavy atom. The summed E-state index contributed by atoms with van der Waals surface area (Å²) >= 11 is 7.73. The molecule has 7 heteroatoms. The Morgan fingerprint density at radius 1 is 1.22 bits per heavy atom. The van der Waals surface area contributed by atoms with Crippen LogP contribution in [-0.2, 0) is 9.53 Å². The van der Waals surface area contributed by atoms with Crippen molar-refractivity contribution in [3.05, 3.63) is 50.2 Å². The van der Waals surface area contributed by atoms with E-state index >= 15 is 0 Å². The predicted octanol–water partition coefficient (Wildman–Crippen LogP) is 4.86. The molecule has 0 atom stereocenters. The highest BCUT2D eigenvalue weighted by atomic mass is 35.5. The molecule has 0 saturated carbocycles. The molecule has 0 unspecified atom stereocenters. The molecule has 0 fully saturated rings. The van der Waals surface area contributed by atoms with Crippen LogP contribution in [0.1, 0.15) is 32.6 Å². The molecule has 0 aliphatic rings. The third-order valence-electron chi connectivity index (χ3n) is 3.64. The second-order valence-corrected chi connectivity index (χ2v) is 7.53. The fraction of sp³-hybridized carbons (Fsp3) is 0.300. The fourth-order valence-electron chi connectivity index (χ4n) is 2.45. The summed E-state index contributed by atoms with van der Waals surface area (Å²) in [5.41, 5.74) is 1.24. The number of Topliss-reactive ketones (excluding diaryl/α,β-unsaturated/α-hetero) is 1. The maximum Gasteiger partial charge on any atom is 0.331 e. The molecular weight excluding hydrogens is 388 g/mol. The van der Waals surface area contributed by atoms with E-state index in [4.69, 9.17) is 25.8 Å². The number of carbonyl (C=O) groups is 2. The Balaban J connectivity index is 2.01. The second-order valence-electron chi connectivity index (χ2n) is 5.66. The Bertz CT molecular complexity index is 869. The third-order valence-corrected chi connectivity index (χ3v) is 4.89. The van der Waals surface area contributed by atoms with Gasteiger partial charge in [-0.05, 0) is 50.6 Å². The topological polar surface area (TPSA) is 61.8 Å². The van der Waals surface area contributed by atoms with Crippen molar-refractivity contribution >= 4 is 40.8 Å². The van der Waals surface area contributed by atoms with Gasteiger partial charge < -0.3 is 14.2 Å². The van der Waals surface area contributed by atoms with Crippen LogP contribution >= 0.6 is 22.9 Å². The van der Waals surface area contributed by atoms with E-state index in [9.17, 15) is 9.59 Å². The molecule has 0 amide bonds. The summed E-state index contributed by atoms with van der Waals surface area (Å²) in [5, 5.41) is 0.377. The van der Waals surface area contributed by atoms with Crippen LogP contribution in [0.15, 0.2) is 24.3 Å². The average molecular weight is 409 g/mol. The number of ether oxygens (including phenoxy) is 3. The van der Waals surface area contributed by atoms with E-state index in [1.807, 2.05) is 20.8 Å². The van der Waals surface area contributed by atoms with Gasteiger partial charge in [0.15, 0.2) is 18.1 Å². The number of halogens is 1. The molecule has 27 heavy (non-hydrogen) atoms. The number of rotatable bonds is 8. The Kier molecular flexibility index (Phi) is 7.45. The van der Waals surface area contributed by atoms with E-state index in [1.165, 1.54) is 30.6 Å². The summed E-state index contributed by atoms with van der Waals surface area (Å²) in [5.74, 6) is 0.0885. The van der Waals surface area contributed by atoms with Crippen molar-refractivity contribution in [2.75, 3.05) is 20.3 Å². The first kappa shape index (κ1) is 21.0. The average Bonchev–Trinajstić information content (AvgIpc) is 2.98. The van der Waals surface area contributed by atoms with Crippen molar-refractivity contribution in [3.63, 3.8) is 0 Å². The minimum absolute atomic E-state index is 0.218. The van der Waals surface area contributed by atoms with Gasteiger partial charge in [-0.1, -0.05) is 11.6 Å². The van der Waals surface area contributed by atoms with Crippen LogP contribution < -0.4 is 9.47 Å². The zero-order valence-corrected chi connectivity index (χ0v) is 17.2. The number of benzene rings is 1. The molecular formula is C20H21ClO5S. The summed E-state index contributed by atoms with van der Waals surface area (Å²) in [6, 6.07) is 5.16. The van der Waals surface area contributed by atoms with Crippen molar-refractivity contribution in [1.29, 1.82) is 0 Å². The van der Waals surface area contributed by atoms with Gasteiger partial charge in [0, 0.05) is 21.4 Å². The van der Waals surface area contributed by atoms with Crippen LogP contribution in [0.2, 0.25) is 5.02 Å². The van der Waals surface area contributed by atoms with Crippen molar-refractivity contribution in [2.24, 2.45) is 0 Å². The van der Waals surface area contributed by atoms with E-state index in [0.717, 1.165) is 9.75 Å². The van der Waals surface area contributed by atoms with Gasteiger partial charge in [-0.2, -0.15) is 0 Å². The van der Waals surface area contributed by atoms with Gasteiger partial charge in [0.25, 0.3) is 0 Å². The Hall–Kier alpha value is -2.31. The summed E-state index contributed by atoms with van der Waals surface area (Å²) in [4.78, 5) is 26.0. The summed E-state index contributed by atoms with van der Waals surface area (Å²) < 4.78 is 15.7. The van der Waals surface area contributed by atoms with Gasteiger partial charge in [0.05, 0.1) is 18.7 Å². The lowest BCUT2D eigenvalue weighted by Gasteiger charge is -2.11. The molecule has 1 aromatic heterocycles. The number of aryl methyl sites for hydroxylation is 2. The normalized spacial score (nSPS) is 10.9. The van der Waals surface area contributed by atoms with Crippen LogP contribution in [0.3, 0.4) is 0 Å². The maximum absolute atomic E-state index is 12.1. The van der Waals surface area contributed by atoms with E-state index in [-0.39, 0.29) is 12.4 Å². The lowest BCUT2D eigenvalue weighted by molar-refractivity contribution is -0.136. The lowest BCUT2D eigenvalue weighted by Crippen LogP contribution is -2.12. The molecule has 0 bridgehead atoms. The zero-order valence-electron chi connectivity index (χ0n) is 15.6. The van der Waals surface area contributed by atoms with Crippen molar-refractivity contribution in [3.8, 4) is 11.5 Å². The van der Waals surface area contributed by atoms with Crippen LogP contribution in [0.25, 0.3) is 6.08 Å². The number of hydrogen-bond donors (Lipinski definition) is 0. The van der Waals surface area contributed by atoms with Gasteiger partial charge >= 0.3 is 5.97 Å².